The fourth-order valence-electron chi connectivity index (χ4n) is 1.13. The van der Waals surface area contributed by atoms with Gasteiger partial charge in [0.2, 0.25) is 0 Å². The number of nitrogens with two attached hydrogens (primary N) is 1. The molecule has 0 aliphatic heterocycles. The van der Waals surface area contributed by atoms with Crippen LogP contribution in [-0.2, 0) is 16.6 Å². The highest BCUT2D eigenvalue weighted by molar-refractivity contribution is 7.84. The van der Waals surface area contributed by atoms with Gasteiger partial charge in [0.1, 0.15) is 0 Å². The molecule has 0 bridgehead atoms. The first-order valence-electron chi connectivity index (χ1n) is 4.50. The molecule has 0 fully saturated rings. The van der Waals surface area contributed by atoms with Crippen molar-refractivity contribution in [1.82, 2.24) is 4.98 Å². The molecule has 0 saturated carbocycles. The maximum Gasteiger partial charge on any atom is 0.0487 e. The average molecular weight is 212 g/mol. The molecule has 3 nitrogen and oxygen atoms in total. The predicted octanol–water partition coefficient (Wildman–Crippen LogP) is 1.07. The van der Waals surface area contributed by atoms with E-state index >= 15 is 0 Å². The lowest BCUT2D eigenvalue weighted by atomic mass is 10.1. The summed E-state index contributed by atoms with van der Waals surface area (Å²) in [7, 11) is -0.893. The van der Waals surface area contributed by atoms with E-state index in [1.807, 2.05) is 26.0 Å². The Bertz CT molecular complexity index is 306. The van der Waals surface area contributed by atoms with Crippen LogP contribution >= 0.6 is 0 Å². The van der Waals surface area contributed by atoms with Crippen molar-refractivity contribution < 1.29 is 4.21 Å². The highest BCUT2D eigenvalue weighted by Gasteiger charge is 2.15. The molecule has 1 atom stereocenters. The van der Waals surface area contributed by atoms with Crippen LogP contribution in [0.5, 0.6) is 0 Å². The van der Waals surface area contributed by atoms with Gasteiger partial charge in [-0.15, -0.1) is 0 Å². The maximum absolute atomic E-state index is 11.6. The summed E-state index contributed by atoms with van der Waals surface area (Å²) in [5.74, 6) is 1.08. The third-order valence-electron chi connectivity index (χ3n) is 1.61. The predicted molar refractivity (Wildman–Crippen MR) is 59.2 cm³/mol. The van der Waals surface area contributed by atoms with Crippen LogP contribution in [0.2, 0.25) is 0 Å². The Hall–Kier alpha value is -0.740. The lowest BCUT2D eigenvalue weighted by Crippen LogP contribution is -2.38. The first kappa shape index (κ1) is 11.3. The second-order valence-electron chi connectivity index (χ2n) is 4.07. The maximum atomic E-state index is 11.6. The number of aromatic nitrogens is 1. The molecule has 4 heteroatoms. The largest absolute Gasteiger partial charge is 0.325 e. The van der Waals surface area contributed by atoms with E-state index in [0.717, 1.165) is 5.56 Å². The van der Waals surface area contributed by atoms with Crippen molar-refractivity contribution in [2.24, 2.45) is 5.73 Å². The van der Waals surface area contributed by atoms with E-state index in [1.165, 1.54) is 0 Å². The number of nitrogens with zero attached hydrogens (tertiary/aromatic N) is 1. The van der Waals surface area contributed by atoms with Gasteiger partial charge >= 0.3 is 0 Å². The molecular formula is C10H16N2OS. The van der Waals surface area contributed by atoms with Gasteiger partial charge in [-0.1, -0.05) is 0 Å². The van der Waals surface area contributed by atoms with Crippen LogP contribution in [0.4, 0.5) is 0 Å². The van der Waals surface area contributed by atoms with Gasteiger partial charge in [0, 0.05) is 40.2 Å². The number of hydrogen-bond donors (Lipinski definition) is 1. The van der Waals surface area contributed by atoms with Crippen molar-refractivity contribution in [1.29, 1.82) is 0 Å². The summed E-state index contributed by atoms with van der Waals surface area (Å²) >= 11 is 0. The van der Waals surface area contributed by atoms with E-state index < -0.39 is 10.8 Å². The number of rotatable bonds is 4. The molecule has 1 aromatic heterocycles. The summed E-state index contributed by atoms with van der Waals surface area (Å²) in [6.45, 7) is 3.77. The minimum Gasteiger partial charge on any atom is -0.325 e. The summed E-state index contributed by atoms with van der Waals surface area (Å²) in [5.41, 5.74) is 6.47. The Morgan fingerprint density at radius 3 is 2.50 bits per heavy atom. The molecule has 1 rings (SSSR count). The topological polar surface area (TPSA) is 56.0 Å². The second-order valence-corrected chi connectivity index (χ2v) is 5.53. The molecule has 0 amide bonds. The molecule has 1 heterocycles. The SMILES string of the molecule is CC(C)(N)CS(=O)Cc1ccncc1. The lowest BCUT2D eigenvalue weighted by Gasteiger charge is -2.17. The first-order chi connectivity index (χ1) is 6.47. The van der Waals surface area contributed by atoms with Crippen LogP contribution < -0.4 is 5.73 Å². The molecular weight excluding hydrogens is 196 g/mol. The Morgan fingerprint density at radius 2 is 2.00 bits per heavy atom. The number of pyridine rings is 1. The highest BCUT2D eigenvalue weighted by Crippen LogP contribution is 2.06. The van der Waals surface area contributed by atoms with E-state index in [0.29, 0.717) is 11.5 Å². The molecule has 2 N–H and O–H groups in total. The molecule has 0 aliphatic carbocycles. The van der Waals surface area contributed by atoms with Crippen molar-refractivity contribution in [3.05, 3.63) is 30.1 Å². The minimum atomic E-state index is -0.893. The van der Waals surface area contributed by atoms with Gasteiger partial charge in [-0.25, -0.2) is 0 Å². The molecule has 0 aromatic carbocycles. The van der Waals surface area contributed by atoms with Crippen LogP contribution in [0.25, 0.3) is 0 Å². The first-order valence-corrected chi connectivity index (χ1v) is 5.99. The van der Waals surface area contributed by atoms with Gasteiger partial charge in [-0.05, 0) is 31.5 Å². The van der Waals surface area contributed by atoms with Crippen molar-refractivity contribution in [2.75, 3.05) is 5.75 Å². The zero-order valence-corrected chi connectivity index (χ0v) is 9.38. The highest BCUT2D eigenvalue weighted by atomic mass is 32.2. The van der Waals surface area contributed by atoms with Crippen molar-refractivity contribution >= 4 is 10.8 Å². The minimum absolute atomic E-state index is 0.363. The van der Waals surface area contributed by atoms with Crippen LogP contribution in [0.3, 0.4) is 0 Å². The molecule has 0 aliphatic rings. The van der Waals surface area contributed by atoms with Gasteiger partial charge in [0.25, 0.3) is 0 Å². The van der Waals surface area contributed by atoms with Gasteiger partial charge in [0.05, 0.1) is 0 Å². The van der Waals surface area contributed by atoms with Crippen LogP contribution in [-0.4, -0.2) is 20.5 Å². The number of hydrogen-bond acceptors (Lipinski definition) is 3. The zero-order chi connectivity index (χ0) is 10.6. The molecule has 1 aromatic rings. The summed E-state index contributed by atoms with van der Waals surface area (Å²) in [6.07, 6.45) is 3.42. The molecule has 0 spiro atoms. The van der Waals surface area contributed by atoms with E-state index in [-0.39, 0.29) is 5.54 Å². The summed E-state index contributed by atoms with van der Waals surface area (Å²) in [4.78, 5) is 3.90. The monoisotopic (exact) mass is 212 g/mol. The Labute approximate surface area is 87.2 Å². The molecule has 0 radical (unpaired) electrons. The zero-order valence-electron chi connectivity index (χ0n) is 8.56. The summed E-state index contributed by atoms with van der Waals surface area (Å²) in [6, 6.07) is 3.75. The van der Waals surface area contributed by atoms with Crippen LogP contribution in [0, 0.1) is 0 Å². The Morgan fingerprint density at radius 1 is 1.43 bits per heavy atom. The van der Waals surface area contributed by atoms with E-state index in [2.05, 4.69) is 4.98 Å². The Kier molecular flexibility index (Phi) is 3.77. The van der Waals surface area contributed by atoms with Gasteiger partial charge in [-0.3, -0.25) is 9.19 Å². The molecule has 1 unspecified atom stereocenters. The standard InChI is InChI=1S/C10H16N2OS/c1-10(2,11)8-14(13)7-9-3-5-12-6-4-9/h3-6H,7-8,11H2,1-2H3. The smallest absolute Gasteiger partial charge is 0.0487 e. The van der Waals surface area contributed by atoms with E-state index in [4.69, 9.17) is 5.73 Å². The molecule has 78 valence electrons. The van der Waals surface area contributed by atoms with Crippen LogP contribution in [0.1, 0.15) is 19.4 Å². The average Bonchev–Trinajstić information content (AvgIpc) is 2.02. The van der Waals surface area contributed by atoms with Gasteiger partial charge in [0.15, 0.2) is 0 Å². The fourth-order valence-corrected chi connectivity index (χ4v) is 2.63. The van der Waals surface area contributed by atoms with Gasteiger partial charge < -0.3 is 5.73 Å². The van der Waals surface area contributed by atoms with Crippen molar-refractivity contribution in [3.63, 3.8) is 0 Å². The van der Waals surface area contributed by atoms with Crippen molar-refractivity contribution in [3.8, 4) is 0 Å². The molecule has 14 heavy (non-hydrogen) atoms. The second kappa shape index (κ2) is 4.66. The van der Waals surface area contributed by atoms with E-state index in [1.54, 1.807) is 12.4 Å². The lowest BCUT2D eigenvalue weighted by molar-refractivity contribution is 0.577. The van der Waals surface area contributed by atoms with Crippen molar-refractivity contribution in [2.45, 2.75) is 25.1 Å². The Balaban J connectivity index is 2.50. The third kappa shape index (κ3) is 4.48. The molecule has 0 saturated heterocycles. The normalized spacial score (nSPS) is 13.9. The van der Waals surface area contributed by atoms with Crippen LogP contribution in [0.15, 0.2) is 24.5 Å². The van der Waals surface area contributed by atoms with Gasteiger partial charge in [-0.2, -0.15) is 0 Å². The fraction of sp³-hybridized carbons (Fsp3) is 0.500. The summed E-state index contributed by atoms with van der Waals surface area (Å²) in [5, 5.41) is 0. The van der Waals surface area contributed by atoms with E-state index in [9.17, 15) is 4.21 Å². The quantitative estimate of drug-likeness (QED) is 0.812. The third-order valence-corrected chi connectivity index (χ3v) is 3.33. The summed E-state index contributed by atoms with van der Waals surface area (Å²) < 4.78 is 11.6.